The molecule has 26 heavy (non-hydrogen) atoms. The molecule has 3 rings (SSSR count). The fourth-order valence-electron chi connectivity index (χ4n) is 3.84. The highest BCUT2D eigenvalue weighted by Crippen LogP contribution is 2.31. The molecule has 2 aliphatic heterocycles. The average Bonchev–Trinajstić information content (AvgIpc) is 2.98. The number of hydrogen-bond acceptors (Lipinski definition) is 5. The number of rotatable bonds is 7. The van der Waals surface area contributed by atoms with E-state index in [0.717, 1.165) is 83.1 Å². The van der Waals surface area contributed by atoms with Gasteiger partial charge >= 0.3 is 0 Å². The van der Waals surface area contributed by atoms with Gasteiger partial charge < -0.3 is 14.8 Å². The smallest absolute Gasteiger partial charge is 0.220 e. The zero-order chi connectivity index (χ0) is 18.4. The highest BCUT2D eigenvalue weighted by atomic mass is 16.5. The summed E-state index contributed by atoms with van der Waals surface area (Å²) in [4.78, 5) is 14.9. The minimum Gasteiger partial charge on any atom is -0.381 e. The van der Waals surface area contributed by atoms with Crippen LogP contribution in [0.2, 0.25) is 0 Å². The molecule has 1 amide bonds. The quantitative estimate of drug-likeness (QED) is 0.779. The van der Waals surface area contributed by atoms with E-state index in [1.54, 1.807) is 0 Å². The summed E-state index contributed by atoms with van der Waals surface area (Å²) in [5, 5.41) is 7.44. The summed E-state index contributed by atoms with van der Waals surface area (Å²) >= 11 is 0. The van der Waals surface area contributed by atoms with Gasteiger partial charge in [0.2, 0.25) is 5.91 Å². The molecule has 2 aliphatic rings. The molecule has 1 aromatic heterocycles. The first-order valence-electron chi connectivity index (χ1n) is 9.70. The molecule has 0 unspecified atom stereocenters. The van der Waals surface area contributed by atoms with Gasteiger partial charge in [-0.2, -0.15) is 5.10 Å². The van der Waals surface area contributed by atoms with Crippen LogP contribution in [0.15, 0.2) is 6.20 Å². The van der Waals surface area contributed by atoms with Gasteiger partial charge in [-0.05, 0) is 31.7 Å². The first-order chi connectivity index (χ1) is 12.6. The molecule has 0 aliphatic carbocycles. The van der Waals surface area contributed by atoms with Crippen molar-refractivity contribution in [1.82, 2.24) is 20.0 Å². The van der Waals surface area contributed by atoms with Gasteiger partial charge in [0.25, 0.3) is 0 Å². The lowest BCUT2D eigenvalue weighted by molar-refractivity contribution is -0.122. The second-order valence-electron chi connectivity index (χ2n) is 7.66. The first kappa shape index (κ1) is 19.3. The number of carbonyl (C=O) groups excluding carboxylic acids is 1. The standard InChI is InChI=1S/C19H32N4O3/c1-16-17(13-21-22(16)2)3-4-18(24)20-14-19(5-9-25-10-6-19)15-23-7-11-26-12-8-23/h13H,3-12,14-15H2,1-2H3,(H,20,24). The molecule has 0 aromatic carbocycles. The van der Waals surface area contributed by atoms with Crippen LogP contribution in [0, 0.1) is 12.3 Å². The maximum Gasteiger partial charge on any atom is 0.220 e. The number of amides is 1. The van der Waals surface area contributed by atoms with Crippen LogP contribution in [0.25, 0.3) is 0 Å². The van der Waals surface area contributed by atoms with E-state index in [4.69, 9.17) is 9.47 Å². The van der Waals surface area contributed by atoms with Crippen molar-refractivity contribution in [2.75, 3.05) is 52.6 Å². The van der Waals surface area contributed by atoms with E-state index in [1.807, 2.05) is 24.9 Å². The highest BCUT2D eigenvalue weighted by Gasteiger charge is 2.35. The van der Waals surface area contributed by atoms with Gasteiger partial charge in [-0.3, -0.25) is 14.4 Å². The number of nitrogens with one attached hydrogen (secondary N) is 1. The molecular formula is C19H32N4O3. The monoisotopic (exact) mass is 364 g/mol. The fourth-order valence-corrected chi connectivity index (χ4v) is 3.84. The summed E-state index contributed by atoms with van der Waals surface area (Å²) in [6, 6.07) is 0. The summed E-state index contributed by atoms with van der Waals surface area (Å²) < 4.78 is 12.9. The van der Waals surface area contributed by atoms with E-state index < -0.39 is 0 Å². The number of aromatic nitrogens is 2. The lowest BCUT2D eigenvalue weighted by Crippen LogP contribution is -2.50. The first-order valence-corrected chi connectivity index (χ1v) is 9.70. The number of carbonyl (C=O) groups is 1. The van der Waals surface area contributed by atoms with Crippen molar-refractivity contribution in [3.8, 4) is 0 Å². The van der Waals surface area contributed by atoms with Crippen molar-refractivity contribution < 1.29 is 14.3 Å². The molecule has 1 aromatic rings. The Labute approximate surface area is 156 Å². The molecule has 1 N–H and O–H groups in total. The second-order valence-corrected chi connectivity index (χ2v) is 7.66. The molecule has 7 nitrogen and oxygen atoms in total. The molecule has 0 radical (unpaired) electrons. The molecule has 0 saturated carbocycles. The van der Waals surface area contributed by atoms with E-state index in [1.165, 1.54) is 0 Å². The Bertz CT molecular complexity index is 590. The molecule has 0 bridgehead atoms. The summed E-state index contributed by atoms with van der Waals surface area (Å²) in [6.45, 7) is 8.95. The van der Waals surface area contributed by atoms with E-state index in [9.17, 15) is 4.79 Å². The van der Waals surface area contributed by atoms with Crippen molar-refractivity contribution in [1.29, 1.82) is 0 Å². The van der Waals surface area contributed by atoms with Crippen LogP contribution in [-0.2, 0) is 27.7 Å². The van der Waals surface area contributed by atoms with Gasteiger partial charge in [0.1, 0.15) is 0 Å². The molecule has 146 valence electrons. The van der Waals surface area contributed by atoms with Gasteiger partial charge in [-0.15, -0.1) is 0 Å². The van der Waals surface area contributed by atoms with Crippen LogP contribution in [0.5, 0.6) is 0 Å². The van der Waals surface area contributed by atoms with Crippen LogP contribution in [-0.4, -0.2) is 73.2 Å². The summed E-state index contributed by atoms with van der Waals surface area (Å²) in [6.07, 6.45) is 5.13. The van der Waals surface area contributed by atoms with Crippen LogP contribution >= 0.6 is 0 Å². The predicted octanol–water partition coefficient (Wildman–Crippen LogP) is 0.906. The molecule has 2 fully saturated rings. The zero-order valence-corrected chi connectivity index (χ0v) is 16.1. The summed E-state index contributed by atoms with van der Waals surface area (Å²) in [7, 11) is 1.93. The Hall–Kier alpha value is -1.44. The minimum atomic E-state index is 0.121. The Morgan fingerprint density at radius 1 is 1.23 bits per heavy atom. The van der Waals surface area contributed by atoms with Gasteiger partial charge in [-0.1, -0.05) is 0 Å². The van der Waals surface area contributed by atoms with Crippen LogP contribution in [0.4, 0.5) is 0 Å². The minimum absolute atomic E-state index is 0.121. The molecular weight excluding hydrogens is 332 g/mol. The summed E-state index contributed by atoms with van der Waals surface area (Å²) in [5.74, 6) is 0.126. The Kier molecular flexibility index (Phi) is 6.67. The van der Waals surface area contributed by atoms with Gasteiger partial charge in [0.15, 0.2) is 0 Å². The fraction of sp³-hybridized carbons (Fsp3) is 0.789. The molecule has 7 heteroatoms. The van der Waals surface area contributed by atoms with Crippen molar-refractivity contribution in [2.24, 2.45) is 12.5 Å². The van der Waals surface area contributed by atoms with Crippen LogP contribution in [0.1, 0.15) is 30.5 Å². The van der Waals surface area contributed by atoms with E-state index in [0.29, 0.717) is 6.42 Å². The number of morpholine rings is 1. The highest BCUT2D eigenvalue weighted by molar-refractivity contribution is 5.76. The third-order valence-corrected chi connectivity index (χ3v) is 5.84. The number of aryl methyl sites for hydroxylation is 2. The van der Waals surface area contributed by atoms with Crippen LogP contribution < -0.4 is 5.32 Å². The number of hydrogen-bond donors (Lipinski definition) is 1. The van der Waals surface area contributed by atoms with E-state index >= 15 is 0 Å². The summed E-state index contributed by atoms with van der Waals surface area (Å²) in [5.41, 5.74) is 2.40. The third-order valence-electron chi connectivity index (χ3n) is 5.84. The number of nitrogens with zero attached hydrogens (tertiary/aromatic N) is 3. The molecule has 0 spiro atoms. The number of ether oxygens (including phenoxy) is 2. The van der Waals surface area contributed by atoms with E-state index in [2.05, 4.69) is 15.3 Å². The zero-order valence-electron chi connectivity index (χ0n) is 16.1. The molecule has 0 atom stereocenters. The maximum atomic E-state index is 12.4. The molecule has 2 saturated heterocycles. The molecule has 3 heterocycles. The van der Waals surface area contributed by atoms with E-state index in [-0.39, 0.29) is 11.3 Å². The van der Waals surface area contributed by atoms with Crippen molar-refractivity contribution in [2.45, 2.75) is 32.6 Å². The Balaban J connectivity index is 1.50. The SMILES string of the molecule is Cc1c(CCC(=O)NCC2(CN3CCOCC3)CCOCC2)cnn1C. The Morgan fingerprint density at radius 3 is 2.58 bits per heavy atom. The largest absolute Gasteiger partial charge is 0.381 e. The lowest BCUT2D eigenvalue weighted by Gasteiger charge is -2.42. The second kappa shape index (κ2) is 8.97. The van der Waals surface area contributed by atoms with Crippen LogP contribution in [0.3, 0.4) is 0 Å². The maximum absolute atomic E-state index is 12.4. The topological polar surface area (TPSA) is 68.6 Å². The van der Waals surface area contributed by atoms with Crippen molar-refractivity contribution >= 4 is 5.91 Å². The van der Waals surface area contributed by atoms with Crippen molar-refractivity contribution in [3.63, 3.8) is 0 Å². The lowest BCUT2D eigenvalue weighted by atomic mass is 9.79. The van der Waals surface area contributed by atoms with Gasteiger partial charge in [-0.25, -0.2) is 0 Å². The average molecular weight is 364 g/mol. The normalized spacial score (nSPS) is 20.8. The predicted molar refractivity (Wildman–Crippen MR) is 99.0 cm³/mol. The van der Waals surface area contributed by atoms with Crippen molar-refractivity contribution in [3.05, 3.63) is 17.5 Å². The van der Waals surface area contributed by atoms with Gasteiger partial charge in [0, 0.05) is 64.0 Å². The van der Waals surface area contributed by atoms with Gasteiger partial charge in [0.05, 0.1) is 19.4 Å². The third kappa shape index (κ3) is 5.05. The Morgan fingerprint density at radius 2 is 1.92 bits per heavy atom.